The molecule has 1 amide bonds. The summed E-state index contributed by atoms with van der Waals surface area (Å²) in [7, 11) is 1.40. The summed E-state index contributed by atoms with van der Waals surface area (Å²) in [4.78, 5) is 26.5. The molecule has 0 fully saturated rings. The van der Waals surface area contributed by atoms with Gasteiger partial charge in [0.25, 0.3) is 5.91 Å². The third-order valence-electron chi connectivity index (χ3n) is 5.07. The van der Waals surface area contributed by atoms with Gasteiger partial charge in [-0.25, -0.2) is 4.68 Å². The molecule has 0 radical (unpaired) electrons. The predicted molar refractivity (Wildman–Crippen MR) is 119 cm³/mol. The van der Waals surface area contributed by atoms with Crippen LogP contribution in [0.1, 0.15) is 61.4 Å². The summed E-state index contributed by atoms with van der Waals surface area (Å²) in [5, 5.41) is 4.64. The number of amides is 1. The molecule has 6 nitrogen and oxygen atoms in total. The Bertz CT molecular complexity index is 857. The SMILES string of the molecule is COC(=O)CCc1c(C)nn(-c2ccc(C(=O)N(CC(C)C)CC(C)C)cc2)c1C. The monoisotopic (exact) mass is 413 g/mol. The molecule has 2 rings (SSSR count). The van der Waals surface area contributed by atoms with Crippen molar-refractivity contribution < 1.29 is 14.3 Å². The highest BCUT2D eigenvalue weighted by Gasteiger charge is 2.19. The lowest BCUT2D eigenvalue weighted by Gasteiger charge is -2.26. The molecule has 0 unspecified atom stereocenters. The molecular weight excluding hydrogens is 378 g/mol. The minimum atomic E-state index is -0.225. The Balaban J connectivity index is 2.22. The number of hydrogen-bond acceptors (Lipinski definition) is 4. The van der Waals surface area contributed by atoms with Crippen molar-refractivity contribution >= 4 is 11.9 Å². The molecule has 30 heavy (non-hydrogen) atoms. The van der Waals surface area contributed by atoms with Crippen molar-refractivity contribution in [1.82, 2.24) is 14.7 Å². The summed E-state index contributed by atoms with van der Waals surface area (Å²) in [5.74, 6) is 0.683. The summed E-state index contributed by atoms with van der Waals surface area (Å²) in [6.07, 6.45) is 0.930. The quantitative estimate of drug-likeness (QED) is 0.573. The minimum absolute atomic E-state index is 0.0658. The van der Waals surface area contributed by atoms with E-state index < -0.39 is 0 Å². The Morgan fingerprint density at radius 1 is 1.03 bits per heavy atom. The smallest absolute Gasteiger partial charge is 0.305 e. The van der Waals surface area contributed by atoms with Crippen LogP contribution >= 0.6 is 0 Å². The van der Waals surface area contributed by atoms with Crippen LogP contribution in [-0.4, -0.2) is 46.8 Å². The zero-order valence-corrected chi connectivity index (χ0v) is 19.4. The lowest BCUT2D eigenvalue weighted by atomic mass is 10.1. The maximum absolute atomic E-state index is 13.0. The van der Waals surface area contributed by atoms with Crippen LogP contribution in [0.25, 0.3) is 5.69 Å². The van der Waals surface area contributed by atoms with Gasteiger partial charge in [0, 0.05) is 30.8 Å². The van der Waals surface area contributed by atoms with Gasteiger partial charge < -0.3 is 9.64 Å². The molecule has 1 aromatic carbocycles. The van der Waals surface area contributed by atoms with Crippen molar-refractivity contribution in [2.45, 2.75) is 54.4 Å². The Labute approximate surface area is 180 Å². The molecule has 6 heteroatoms. The standard InChI is InChI=1S/C24H35N3O3/c1-16(2)14-26(15-17(3)4)24(29)20-8-10-21(11-9-20)27-19(6)22(18(5)25-27)12-13-23(28)30-7/h8-11,16-17H,12-15H2,1-7H3. The van der Waals surface area contributed by atoms with E-state index in [1.165, 1.54) is 7.11 Å². The van der Waals surface area contributed by atoms with Crippen molar-refractivity contribution in [3.05, 3.63) is 46.8 Å². The first-order valence-electron chi connectivity index (χ1n) is 10.7. The maximum atomic E-state index is 13.0. The van der Waals surface area contributed by atoms with E-state index in [1.807, 2.05) is 47.7 Å². The molecule has 2 aromatic rings. The van der Waals surface area contributed by atoms with E-state index in [9.17, 15) is 9.59 Å². The van der Waals surface area contributed by atoms with Gasteiger partial charge in [-0.3, -0.25) is 9.59 Å². The van der Waals surface area contributed by atoms with Crippen LogP contribution in [0.4, 0.5) is 0 Å². The number of hydrogen-bond donors (Lipinski definition) is 0. The number of benzene rings is 1. The van der Waals surface area contributed by atoms with Gasteiger partial charge >= 0.3 is 5.97 Å². The van der Waals surface area contributed by atoms with Crippen LogP contribution in [0.15, 0.2) is 24.3 Å². The van der Waals surface area contributed by atoms with Crippen molar-refractivity contribution in [2.24, 2.45) is 11.8 Å². The average molecular weight is 414 g/mol. The highest BCUT2D eigenvalue weighted by Crippen LogP contribution is 2.20. The molecule has 0 spiro atoms. The first-order valence-corrected chi connectivity index (χ1v) is 10.7. The molecule has 164 valence electrons. The number of carbonyl (C=O) groups excluding carboxylic acids is 2. The maximum Gasteiger partial charge on any atom is 0.305 e. The first-order chi connectivity index (χ1) is 14.1. The third kappa shape index (κ3) is 5.94. The molecule has 0 N–H and O–H groups in total. The van der Waals surface area contributed by atoms with E-state index in [2.05, 4.69) is 32.8 Å². The second-order valence-corrected chi connectivity index (χ2v) is 8.68. The Morgan fingerprint density at radius 2 is 1.60 bits per heavy atom. The highest BCUT2D eigenvalue weighted by atomic mass is 16.5. The van der Waals surface area contributed by atoms with E-state index in [0.717, 1.165) is 35.7 Å². The molecule has 0 aliphatic carbocycles. The predicted octanol–water partition coefficient (Wildman–Crippen LogP) is 4.35. The minimum Gasteiger partial charge on any atom is -0.469 e. The van der Waals surface area contributed by atoms with Gasteiger partial charge in [-0.2, -0.15) is 5.10 Å². The van der Waals surface area contributed by atoms with Crippen LogP contribution in [-0.2, 0) is 16.0 Å². The molecule has 1 heterocycles. The summed E-state index contributed by atoms with van der Waals surface area (Å²) in [6.45, 7) is 14.0. The number of nitrogens with zero attached hydrogens (tertiary/aromatic N) is 3. The van der Waals surface area contributed by atoms with Gasteiger partial charge in [0.15, 0.2) is 0 Å². The van der Waals surface area contributed by atoms with E-state index in [1.54, 1.807) is 0 Å². The van der Waals surface area contributed by atoms with Crippen LogP contribution in [0.2, 0.25) is 0 Å². The van der Waals surface area contributed by atoms with E-state index in [-0.39, 0.29) is 11.9 Å². The summed E-state index contributed by atoms with van der Waals surface area (Å²) >= 11 is 0. The fourth-order valence-electron chi connectivity index (χ4n) is 3.67. The molecule has 0 bridgehead atoms. The number of methoxy groups -OCH3 is 1. The molecule has 0 saturated heterocycles. The van der Waals surface area contributed by atoms with Gasteiger partial charge in [0.1, 0.15) is 0 Å². The largest absolute Gasteiger partial charge is 0.469 e. The number of rotatable bonds is 9. The molecular formula is C24H35N3O3. The molecule has 1 aromatic heterocycles. The highest BCUT2D eigenvalue weighted by molar-refractivity contribution is 5.94. The second kappa shape index (κ2) is 10.4. The Morgan fingerprint density at radius 3 is 2.10 bits per heavy atom. The molecule has 0 aliphatic heterocycles. The van der Waals surface area contributed by atoms with Gasteiger partial charge in [0.05, 0.1) is 18.5 Å². The number of ether oxygens (including phenoxy) is 1. The molecule has 0 atom stereocenters. The lowest BCUT2D eigenvalue weighted by Crippen LogP contribution is -2.37. The number of esters is 1. The Kier molecular flexibility index (Phi) is 8.21. The van der Waals surface area contributed by atoms with Crippen LogP contribution < -0.4 is 0 Å². The second-order valence-electron chi connectivity index (χ2n) is 8.68. The summed E-state index contributed by atoms with van der Waals surface area (Å²) in [6, 6.07) is 7.60. The molecule has 0 saturated carbocycles. The zero-order valence-electron chi connectivity index (χ0n) is 19.4. The van der Waals surface area contributed by atoms with Gasteiger partial charge in [-0.1, -0.05) is 27.7 Å². The van der Waals surface area contributed by atoms with Gasteiger partial charge in [-0.15, -0.1) is 0 Å². The van der Waals surface area contributed by atoms with E-state index in [0.29, 0.717) is 30.2 Å². The number of aryl methyl sites for hydroxylation is 1. The third-order valence-corrected chi connectivity index (χ3v) is 5.07. The Hall–Kier alpha value is -2.63. The van der Waals surface area contributed by atoms with Gasteiger partial charge in [-0.05, 0) is 61.9 Å². The van der Waals surface area contributed by atoms with E-state index in [4.69, 9.17) is 4.74 Å². The number of carbonyl (C=O) groups is 2. The fourth-order valence-corrected chi connectivity index (χ4v) is 3.67. The van der Waals surface area contributed by atoms with E-state index >= 15 is 0 Å². The summed E-state index contributed by atoms with van der Waals surface area (Å²) in [5.41, 5.74) is 4.54. The van der Waals surface area contributed by atoms with Crippen LogP contribution in [0.5, 0.6) is 0 Å². The van der Waals surface area contributed by atoms with Crippen molar-refractivity contribution in [3.63, 3.8) is 0 Å². The normalized spacial score (nSPS) is 11.2. The number of aromatic nitrogens is 2. The average Bonchev–Trinajstić information content (AvgIpc) is 2.98. The topological polar surface area (TPSA) is 64.4 Å². The zero-order chi connectivity index (χ0) is 22.4. The fraction of sp³-hybridized carbons (Fsp3) is 0.542. The van der Waals surface area contributed by atoms with Crippen LogP contribution in [0.3, 0.4) is 0 Å². The van der Waals surface area contributed by atoms with Crippen LogP contribution in [0, 0.1) is 25.7 Å². The molecule has 0 aliphatic rings. The van der Waals surface area contributed by atoms with Crippen molar-refractivity contribution in [2.75, 3.05) is 20.2 Å². The first kappa shape index (κ1) is 23.6. The summed E-state index contributed by atoms with van der Waals surface area (Å²) < 4.78 is 6.61. The van der Waals surface area contributed by atoms with Crippen molar-refractivity contribution in [3.8, 4) is 5.69 Å². The lowest BCUT2D eigenvalue weighted by molar-refractivity contribution is -0.140. The van der Waals surface area contributed by atoms with Gasteiger partial charge in [0.2, 0.25) is 0 Å². The van der Waals surface area contributed by atoms with Crippen molar-refractivity contribution in [1.29, 1.82) is 0 Å².